The number of anilines is 1. The van der Waals surface area contributed by atoms with Gasteiger partial charge in [0.05, 0.1) is 17.1 Å². The van der Waals surface area contributed by atoms with Crippen LogP contribution in [-0.4, -0.2) is 28.6 Å². The van der Waals surface area contributed by atoms with Crippen molar-refractivity contribution in [3.63, 3.8) is 0 Å². The Labute approximate surface area is 176 Å². The number of thiazole rings is 1. The zero-order valence-corrected chi connectivity index (χ0v) is 17.1. The van der Waals surface area contributed by atoms with Gasteiger partial charge in [-0.05, 0) is 38.1 Å². The first-order valence-corrected chi connectivity index (χ1v) is 10.0. The summed E-state index contributed by atoms with van der Waals surface area (Å²) in [6, 6.07) is 13.6. The van der Waals surface area contributed by atoms with Gasteiger partial charge in [-0.2, -0.15) is 20.3 Å². The van der Waals surface area contributed by atoms with Crippen molar-refractivity contribution in [3.8, 4) is 11.3 Å². The molecule has 1 aliphatic heterocycles. The minimum Gasteiger partial charge on any atom is -0.366 e. The summed E-state index contributed by atoms with van der Waals surface area (Å²) in [7, 11) is 0. The van der Waals surface area contributed by atoms with Gasteiger partial charge in [-0.3, -0.25) is 9.59 Å². The van der Waals surface area contributed by atoms with Crippen LogP contribution in [0.3, 0.4) is 0 Å². The molecule has 8 nitrogen and oxygen atoms in total. The number of hydrazone groups is 1. The molecule has 1 aliphatic rings. The largest absolute Gasteiger partial charge is 0.366 e. The topological polar surface area (TPSA) is 113 Å². The average Bonchev–Trinajstić information content (AvgIpc) is 3.32. The molecule has 0 aliphatic carbocycles. The van der Waals surface area contributed by atoms with Crippen LogP contribution in [0.4, 0.5) is 10.8 Å². The van der Waals surface area contributed by atoms with E-state index in [-0.39, 0.29) is 5.91 Å². The van der Waals surface area contributed by atoms with E-state index in [1.807, 2.05) is 36.6 Å². The monoisotopic (exact) mass is 418 g/mol. The highest BCUT2D eigenvalue weighted by Crippen LogP contribution is 2.30. The number of carbonyl (C=O) groups is 2. The molecule has 2 heterocycles. The molecule has 2 aromatic carbocycles. The molecule has 4 rings (SSSR count). The summed E-state index contributed by atoms with van der Waals surface area (Å²) in [5, 5.41) is 16.2. The molecule has 1 aromatic heterocycles. The number of carbonyl (C=O) groups excluding carboxylic acids is 2. The zero-order valence-electron chi connectivity index (χ0n) is 16.3. The number of aromatic nitrogens is 1. The number of rotatable bonds is 5. The second-order valence-corrected chi connectivity index (χ2v) is 7.64. The van der Waals surface area contributed by atoms with E-state index in [0.29, 0.717) is 22.1 Å². The summed E-state index contributed by atoms with van der Waals surface area (Å²) in [6.07, 6.45) is 0. The van der Waals surface area contributed by atoms with Crippen LogP contribution in [0, 0.1) is 6.92 Å². The third kappa shape index (κ3) is 3.87. The molecule has 0 saturated carbocycles. The van der Waals surface area contributed by atoms with E-state index in [0.717, 1.165) is 11.3 Å². The lowest BCUT2D eigenvalue weighted by Gasteiger charge is -2.08. The fraction of sp³-hybridized carbons (Fsp3) is 0.143. The Morgan fingerprint density at radius 1 is 1.10 bits per heavy atom. The number of azo groups is 1. The van der Waals surface area contributed by atoms with Crippen LogP contribution >= 0.6 is 11.3 Å². The van der Waals surface area contributed by atoms with Crippen LogP contribution in [0.1, 0.15) is 22.8 Å². The van der Waals surface area contributed by atoms with Crippen molar-refractivity contribution in [1.82, 2.24) is 4.98 Å². The number of aryl methyl sites for hydroxylation is 1. The van der Waals surface area contributed by atoms with Gasteiger partial charge in [0.2, 0.25) is 11.0 Å². The van der Waals surface area contributed by atoms with E-state index in [1.54, 1.807) is 31.2 Å². The first-order chi connectivity index (χ1) is 14.4. The third-order valence-electron chi connectivity index (χ3n) is 4.56. The Balaban J connectivity index is 1.51. The van der Waals surface area contributed by atoms with Gasteiger partial charge in [0.15, 0.2) is 6.04 Å². The zero-order chi connectivity index (χ0) is 21.3. The lowest BCUT2D eigenvalue weighted by atomic mass is 10.1. The van der Waals surface area contributed by atoms with Crippen molar-refractivity contribution in [3.05, 3.63) is 65.0 Å². The average molecular weight is 418 g/mol. The Bertz CT molecular complexity index is 1160. The Kier molecular flexibility index (Phi) is 5.20. The summed E-state index contributed by atoms with van der Waals surface area (Å²) < 4.78 is 0. The molecule has 0 fully saturated rings. The van der Waals surface area contributed by atoms with Crippen molar-refractivity contribution >= 4 is 39.7 Å². The van der Waals surface area contributed by atoms with Gasteiger partial charge in [0.1, 0.15) is 0 Å². The van der Waals surface area contributed by atoms with Crippen LogP contribution in [0.15, 0.2) is 69.2 Å². The predicted octanol–water partition coefficient (Wildman–Crippen LogP) is 4.09. The second-order valence-electron chi connectivity index (χ2n) is 6.80. The Morgan fingerprint density at radius 3 is 2.47 bits per heavy atom. The first kappa shape index (κ1) is 19.6. The van der Waals surface area contributed by atoms with Crippen LogP contribution in [-0.2, 0) is 4.79 Å². The molecule has 2 N–H and O–H groups in total. The fourth-order valence-electron chi connectivity index (χ4n) is 2.86. The quantitative estimate of drug-likeness (QED) is 0.629. The number of primary amides is 1. The summed E-state index contributed by atoms with van der Waals surface area (Å²) in [4.78, 5) is 28.5. The van der Waals surface area contributed by atoms with Gasteiger partial charge in [-0.25, -0.2) is 4.98 Å². The predicted molar refractivity (Wildman–Crippen MR) is 116 cm³/mol. The number of hydrogen-bond donors (Lipinski definition) is 1. The SMILES string of the molecule is CC1=NN(c2nc(-c3ccc(C)cc3)cs2)C(=O)[C@H]1N=Nc1ccc(C(N)=O)cc1. The Hall–Kier alpha value is -3.72. The number of benzene rings is 2. The van der Waals surface area contributed by atoms with Crippen LogP contribution < -0.4 is 10.7 Å². The molecular weight excluding hydrogens is 400 g/mol. The molecule has 0 spiro atoms. The van der Waals surface area contributed by atoms with Crippen LogP contribution in [0.2, 0.25) is 0 Å². The van der Waals surface area contributed by atoms with Crippen LogP contribution in [0.5, 0.6) is 0 Å². The number of nitrogens with two attached hydrogens (primary N) is 1. The Morgan fingerprint density at radius 2 is 1.80 bits per heavy atom. The normalized spacial score (nSPS) is 16.3. The van der Waals surface area contributed by atoms with E-state index < -0.39 is 11.9 Å². The second kappa shape index (κ2) is 7.96. The van der Waals surface area contributed by atoms with Crippen molar-refractivity contribution in [1.29, 1.82) is 0 Å². The van der Waals surface area contributed by atoms with Crippen molar-refractivity contribution in [2.45, 2.75) is 19.9 Å². The van der Waals surface area contributed by atoms with Gasteiger partial charge in [0.25, 0.3) is 5.91 Å². The summed E-state index contributed by atoms with van der Waals surface area (Å²) in [5.74, 6) is -0.827. The maximum absolute atomic E-state index is 12.8. The van der Waals surface area contributed by atoms with Crippen molar-refractivity contribution in [2.24, 2.45) is 21.1 Å². The standard InChI is InChI=1S/C21H18N6O2S/c1-12-3-5-14(6-4-12)17-11-30-21(23-17)27-20(29)18(13(2)26-27)25-24-16-9-7-15(8-10-16)19(22)28/h3-11,18H,1-2H3,(H2,22,28)/t18-/m0/s1. The highest BCUT2D eigenvalue weighted by atomic mass is 32.1. The summed E-state index contributed by atoms with van der Waals surface area (Å²) >= 11 is 1.34. The minimum atomic E-state index is -0.812. The molecule has 0 bridgehead atoms. The first-order valence-electron chi connectivity index (χ1n) is 9.15. The van der Waals surface area contributed by atoms with Gasteiger partial charge in [0, 0.05) is 16.5 Å². The number of hydrogen-bond acceptors (Lipinski definition) is 7. The fourth-order valence-corrected chi connectivity index (χ4v) is 3.65. The molecule has 150 valence electrons. The molecule has 9 heteroatoms. The number of nitrogens with zero attached hydrogens (tertiary/aromatic N) is 5. The molecule has 1 atom stereocenters. The molecule has 0 saturated heterocycles. The summed E-state index contributed by atoms with van der Waals surface area (Å²) in [6.45, 7) is 3.75. The van der Waals surface area contributed by atoms with E-state index in [1.165, 1.54) is 21.9 Å². The van der Waals surface area contributed by atoms with Crippen LogP contribution in [0.25, 0.3) is 11.3 Å². The minimum absolute atomic E-state index is 0.310. The maximum atomic E-state index is 12.8. The van der Waals surface area contributed by atoms with E-state index in [9.17, 15) is 9.59 Å². The van der Waals surface area contributed by atoms with Gasteiger partial charge in [-0.1, -0.05) is 29.8 Å². The smallest absolute Gasteiger partial charge is 0.282 e. The molecule has 30 heavy (non-hydrogen) atoms. The van der Waals surface area contributed by atoms with Crippen molar-refractivity contribution in [2.75, 3.05) is 5.01 Å². The van der Waals surface area contributed by atoms with Gasteiger partial charge < -0.3 is 5.73 Å². The summed E-state index contributed by atoms with van der Waals surface area (Å²) in [5.41, 5.74) is 9.58. The highest BCUT2D eigenvalue weighted by Gasteiger charge is 2.36. The molecule has 0 radical (unpaired) electrons. The van der Waals surface area contributed by atoms with Crippen molar-refractivity contribution < 1.29 is 9.59 Å². The molecule has 2 amide bonds. The maximum Gasteiger partial charge on any atom is 0.282 e. The molecule has 0 unspecified atom stereocenters. The highest BCUT2D eigenvalue weighted by molar-refractivity contribution is 7.14. The number of amides is 2. The lowest BCUT2D eigenvalue weighted by molar-refractivity contribution is -0.117. The lowest BCUT2D eigenvalue weighted by Crippen LogP contribution is -2.29. The third-order valence-corrected chi connectivity index (χ3v) is 5.37. The van der Waals surface area contributed by atoms with E-state index >= 15 is 0 Å². The van der Waals surface area contributed by atoms with E-state index in [4.69, 9.17) is 5.73 Å². The van der Waals surface area contributed by atoms with E-state index in [2.05, 4.69) is 20.3 Å². The molecular formula is C21H18N6O2S. The van der Waals surface area contributed by atoms with Gasteiger partial charge in [-0.15, -0.1) is 11.3 Å². The molecule has 3 aromatic rings. The van der Waals surface area contributed by atoms with Gasteiger partial charge >= 0.3 is 0 Å².